The molecule has 2 aromatic rings. The van der Waals surface area contributed by atoms with Crippen LogP contribution in [0.1, 0.15) is 29.7 Å². The van der Waals surface area contributed by atoms with Crippen LogP contribution in [0.25, 0.3) is 0 Å². The minimum Gasteiger partial charge on any atom is -0.380 e. The van der Waals surface area contributed by atoms with Crippen LogP contribution in [0.5, 0.6) is 0 Å². The second-order valence-electron chi connectivity index (χ2n) is 5.62. The highest BCUT2D eigenvalue weighted by atomic mass is 35.5. The van der Waals surface area contributed by atoms with Gasteiger partial charge in [0.25, 0.3) is 0 Å². The van der Waals surface area contributed by atoms with Crippen molar-refractivity contribution in [3.8, 4) is 0 Å². The fourth-order valence-corrected chi connectivity index (χ4v) is 3.68. The van der Waals surface area contributed by atoms with Gasteiger partial charge in [-0.25, -0.2) is 0 Å². The number of piperidine rings is 1. The predicted molar refractivity (Wildman–Crippen MR) is 92.2 cm³/mol. The predicted octanol–water partition coefficient (Wildman–Crippen LogP) is 5.00. The molecule has 1 aliphatic heterocycles. The maximum atomic E-state index is 5.89. The lowest BCUT2D eigenvalue weighted by atomic mass is 10.1. The molecule has 0 spiro atoms. The Morgan fingerprint density at radius 2 is 1.86 bits per heavy atom. The number of hydrogen-bond acceptors (Lipinski definition) is 3. The zero-order chi connectivity index (χ0) is 14.5. The van der Waals surface area contributed by atoms with Crippen molar-refractivity contribution in [2.45, 2.75) is 32.4 Å². The van der Waals surface area contributed by atoms with Gasteiger partial charge in [0.2, 0.25) is 0 Å². The van der Waals surface area contributed by atoms with E-state index in [1.807, 2.05) is 35.6 Å². The Balaban J connectivity index is 1.51. The Labute approximate surface area is 135 Å². The van der Waals surface area contributed by atoms with Gasteiger partial charge < -0.3 is 5.32 Å². The molecule has 2 heterocycles. The molecule has 0 aliphatic carbocycles. The number of thiophene rings is 1. The van der Waals surface area contributed by atoms with Gasteiger partial charge in [-0.2, -0.15) is 0 Å². The first-order chi connectivity index (χ1) is 10.3. The smallest absolute Gasteiger partial charge is 0.0494 e. The molecule has 4 heteroatoms. The maximum absolute atomic E-state index is 5.89. The molecule has 1 aromatic carbocycles. The van der Waals surface area contributed by atoms with Gasteiger partial charge in [0.1, 0.15) is 0 Å². The van der Waals surface area contributed by atoms with E-state index in [2.05, 4.69) is 21.7 Å². The van der Waals surface area contributed by atoms with Crippen LogP contribution in [-0.2, 0) is 13.1 Å². The van der Waals surface area contributed by atoms with Crippen LogP contribution >= 0.6 is 22.9 Å². The molecule has 3 rings (SSSR count). The second kappa shape index (κ2) is 7.30. The summed E-state index contributed by atoms with van der Waals surface area (Å²) >= 11 is 7.74. The standard InChI is InChI=1S/C17H21ClN2S/c18-15-4-6-16(7-5-15)19-11-17-10-14(13-21-17)12-20-8-2-1-3-9-20/h4-7,10,13,19H,1-3,8-9,11-12H2. The number of nitrogens with one attached hydrogen (secondary N) is 1. The summed E-state index contributed by atoms with van der Waals surface area (Å²) in [5.41, 5.74) is 2.57. The van der Waals surface area contributed by atoms with Gasteiger partial charge in [-0.05, 0) is 67.2 Å². The Morgan fingerprint density at radius 3 is 2.62 bits per heavy atom. The van der Waals surface area contributed by atoms with E-state index in [0.29, 0.717) is 0 Å². The fourth-order valence-electron chi connectivity index (χ4n) is 2.73. The summed E-state index contributed by atoms with van der Waals surface area (Å²) in [6, 6.07) is 10.2. The van der Waals surface area contributed by atoms with Gasteiger partial charge in [0.05, 0.1) is 0 Å². The number of benzene rings is 1. The van der Waals surface area contributed by atoms with E-state index in [1.165, 1.54) is 42.8 Å². The summed E-state index contributed by atoms with van der Waals surface area (Å²) in [4.78, 5) is 3.96. The van der Waals surface area contributed by atoms with Crippen molar-refractivity contribution in [1.82, 2.24) is 4.90 Å². The van der Waals surface area contributed by atoms with Crippen LogP contribution in [0, 0.1) is 0 Å². The number of halogens is 1. The largest absolute Gasteiger partial charge is 0.380 e. The Kier molecular flexibility index (Phi) is 5.17. The SMILES string of the molecule is Clc1ccc(NCc2cc(CN3CCCCC3)cs2)cc1. The van der Waals surface area contributed by atoms with Crippen molar-refractivity contribution in [1.29, 1.82) is 0 Å². The highest BCUT2D eigenvalue weighted by Gasteiger charge is 2.11. The van der Waals surface area contributed by atoms with Crippen molar-refractivity contribution < 1.29 is 0 Å². The first-order valence-corrected chi connectivity index (χ1v) is 8.83. The van der Waals surface area contributed by atoms with Crippen molar-refractivity contribution in [2.24, 2.45) is 0 Å². The summed E-state index contributed by atoms with van der Waals surface area (Å²) in [5.74, 6) is 0. The third-order valence-corrected chi connectivity index (χ3v) is 5.11. The lowest BCUT2D eigenvalue weighted by molar-refractivity contribution is 0.221. The average Bonchev–Trinajstić information content (AvgIpc) is 2.95. The van der Waals surface area contributed by atoms with E-state index in [9.17, 15) is 0 Å². The number of likely N-dealkylation sites (tertiary alicyclic amines) is 1. The van der Waals surface area contributed by atoms with Crippen molar-refractivity contribution in [3.05, 3.63) is 51.2 Å². The molecule has 0 radical (unpaired) electrons. The zero-order valence-corrected chi connectivity index (χ0v) is 13.7. The molecule has 21 heavy (non-hydrogen) atoms. The second-order valence-corrected chi connectivity index (χ2v) is 7.05. The molecule has 2 nitrogen and oxygen atoms in total. The maximum Gasteiger partial charge on any atom is 0.0494 e. The first kappa shape index (κ1) is 14.9. The highest BCUT2D eigenvalue weighted by Crippen LogP contribution is 2.20. The molecule has 1 fully saturated rings. The molecular weight excluding hydrogens is 300 g/mol. The summed E-state index contributed by atoms with van der Waals surface area (Å²) < 4.78 is 0. The average molecular weight is 321 g/mol. The lowest BCUT2D eigenvalue weighted by Crippen LogP contribution is -2.28. The summed E-state index contributed by atoms with van der Waals surface area (Å²) in [5, 5.41) is 6.52. The van der Waals surface area contributed by atoms with E-state index in [4.69, 9.17) is 11.6 Å². The number of nitrogens with zero attached hydrogens (tertiary/aromatic N) is 1. The summed E-state index contributed by atoms with van der Waals surface area (Å²) in [6.45, 7) is 4.51. The van der Waals surface area contributed by atoms with Gasteiger partial charge in [-0.1, -0.05) is 18.0 Å². The van der Waals surface area contributed by atoms with Crippen LogP contribution in [0.3, 0.4) is 0 Å². The Bertz CT molecular complexity index is 558. The molecule has 1 saturated heterocycles. The summed E-state index contributed by atoms with van der Waals surface area (Å²) in [7, 11) is 0. The molecule has 0 atom stereocenters. The molecule has 0 unspecified atom stereocenters. The third kappa shape index (κ3) is 4.47. The quantitative estimate of drug-likeness (QED) is 0.834. The number of rotatable bonds is 5. The van der Waals surface area contributed by atoms with Crippen LogP contribution in [0.15, 0.2) is 35.7 Å². The monoisotopic (exact) mass is 320 g/mol. The van der Waals surface area contributed by atoms with Gasteiger partial charge in [-0.15, -0.1) is 11.3 Å². The molecule has 0 bridgehead atoms. The van der Waals surface area contributed by atoms with E-state index in [0.717, 1.165) is 23.8 Å². The molecule has 0 amide bonds. The van der Waals surface area contributed by atoms with Crippen molar-refractivity contribution >= 4 is 28.6 Å². The highest BCUT2D eigenvalue weighted by molar-refractivity contribution is 7.10. The first-order valence-electron chi connectivity index (χ1n) is 7.58. The Morgan fingerprint density at radius 1 is 1.10 bits per heavy atom. The van der Waals surface area contributed by atoms with Gasteiger partial charge in [0.15, 0.2) is 0 Å². The molecule has 1 aliphatic rings. The molecule has 1 aromatic heterocycles. The van der Waals surface area contributed by atoms with E-state index in [-0.39, 0.29) is 0 Å². The number of hydrogen-bond donors (Lipinski definition) is 1. The molecule has 0 saturated carbocycles. The van der Waals surface area contributed by atoms with Crippen LogP contribution in [-0.4, -0.2) is 18.0 Å². The molecule has 1 N–H and O–H groups in total. The van der Waals surface area contributed by atoms with Crippen LogP contribution in [0.4, 0.5) is 5.69 Å². The van der Waals surface area contributed by atoms with Crippen LogP contribution < -0.4 is 5.32 Å². The van der Waals surface area contributed by atoms with Crippen molar-refractivity contribution in [2.75, 3.05) is 18.4 Å². The minimum atomic E-state index is 0.778. The molecule has 112 valence electrons. The topological polar surface area (TPSA) is 15.3 Å². The number of anilines is 1. The normalized spacial score (nSPS) is 16.0. The van der Waals surface area contributed by atoms with Gasteiger partial charge >= 0.3 is 0 Å². The minimum absolute atomic E-state index is 0.778. The van der Waals surface area contributed by atoms with Gasteiger partial charge in [0, 0.05) is 28.7 Å². The third-order valence-electron chi connectivity index (χ3n) is 3.87. The van der Waals surface area contributed by atoms with E-state index < -0.39 is 0 Å². The van der Waals surface area contributed by atoms with Gasteiger partial charge in [-0.3, -0.25) is 4.90 Å². The zero-order valence-electron chi connectivity index (χ0n) is 12.1. The Hall–Kier alpha value is -1.03. The lowest BCUT2D eigenvalue weighted by Gasteiger charge is -2.25. The van der Waals surface area contributed by atoms with E-state index in [1.54, 1.807) is 0 Å². The fraction of sp³-hybridized carbons (Fsp3) is 0.412. The molecular formula is C17H21ClN2S. The van der Waals surface area contributed by atoms with E-state index >= 15 is 0 Å². The van der Waals surface area contributed by atoms with Crippen molar-refractivity contribution in [3.63, 3.8) is 0 Å². The summed E-state index contributed by atoms with van der Waals surface area (Å²) in [6.07, 6.45) is 4.11. The van der Waals surface area contributed by atoms with Crippen LogP contribution in [0.2, 0.25) is 5.02 Å².